The molecule has 0 rings (SSSR count). The van der Waals surface area contributed by atoms with Gasteiger partial charge in [-0.2, -0.15) is 0 Å². The Morgan fingerprint density at radius 1 is 0.792 bits per heavy atom. The van der Waals surface area contributed by atoms with Gasteiger partial charge in [-0.25, -0.2) is 40.0 Å². The molecule has 0 saturated carbocycles. The van der Waals surface area contributed by atoms with E-state index >= 15 is 0 Å². The minimum Gasteiger partial charge on any atom is -0.464 e. The molecule has 4 N–H and O–H groups in total. The lowest BCUT2D eigenvalue weighted by atomic mass is 10.5. The van der Waals surface area contributed by atoms with Crippen LogP contribution in [-0.4, -0.2) is 70.9 Å². The zero-order valence-corrected chi connectivity index (χ0v) is 13.5. The van der Waals surface area contributed by atoms with Crippen LogP contribution in [0.25, 0.3) is 0 Å². The fourth-order valence-electron chi connectivity index (χ4n) is 1.40. The lowest BCUT2D eigenvalue weighted by Gasteiger charge is -2.19. The lowest BCUT2D eigenvalue weighted by Crippen LogP contribution is -2.47. The van der Waals surface area contributed by atoms with Crippen molar-refractivity contribution < 1.29 is 38.9 Å². The molecular formula is C12H22N4O8. The first-order chi connectivity index (χ1) is 11.3. The maximum Gasteiger partial charge on any atom is 0.426 e. The molecule has 0 aromatic rings. The normalized spacial score (nSPS) is 9.58. The summed E-state index contributed by atoms with van der Waals surface area (Å²) in [4.78, 5) is 44.3. The molecule has 0 heterocycles. The van der Waals surface area contributed by atoms with Gasteiger partial charge in [-0.1, -0.05) is 13.8 Å². The Bertz CT molecular complexity index is 405. The topological polar surface area (TPSA) is 158 Å². The highest BCUT2D eigenvalue weighted by Crippen LogP contribution is 1.92. The summed E-state index contributed by atoms with van der Waals surface area (Å²) in [6, 6.07) is 0. The molecule has 0 bridgehead atoms. The number of ether oxygens (including phenoxy) is 2. The number of hydrazine groups is 2. The summed E-state index contributed by atoms with van der Waals surface area (Å²) < 4.78 is 9.26. The molecule has 0 spiro atoms. The summed E-state index contributed by atoms with van der Waals surface area (Å²) in [6.07, 6.45) is -3.73. The summed E-state index contributed by atoms with van der Waals surface area (Å²) in [5, 5.41) is 18.9. The first kappa shape index (κ1) is 21.1. The Morgan fingerprint density at radius 2 is 1.12 bits per heavy atom. The predicted molar refractivity (Wildman–Crippen MR) is 79.0 cm³/mol. The van der Waals surface area contributed by atoms with Gasteiger partial charge in [0, 0.05) is 13.1 Å². The van der Waals surface area contributed by atoms with Gasteiger partial charge in [0.05, 0.1) is 0 Å². The monoisotopic (exact) mass is 350 g/mol. The van der Waals surface area contributed by atoms with E-state index < -0.39 is 24.4 Å². The fraction of sp³-hybridized carbons (Fsp3) is 0.667. The first-order valence-corrected chi connectivity index (χ1v) is 7.19. The third kappa shape index (κ3) is 9.17. The predicted octanol–water partition coefficient (Wildman–Crippen LogP) is 1.05. The Hall–Kier alpha value is -2.92. The minimum atomic E-state index is -1.34. The molecule has 0 aliphatic heterocycles. The van der Waals surface area contributed by atoms with Gasteiger partial charge in [-0.05, 0) is 12.8 Å². The first-order valence-electron chi connectivity index (χ1n) is 7.19. The molecule has 0 aliphatic carbocycles. The van der Waals surface area contributed by atoms with Crippen LogP contribution in [0.5, 0.6) is 0 Å². The van der Waals surface area contributed by atoms with E-state index in [1.165, 1.54) is 0 Å². The molecule has 138 valence electrons. The van der Waals surface area contributed by atoms with Crippen molar-refractivity contribution in [3.63, 3.8) is 0 Å². The summed E-state index contributed by atoms with van der Waals surface area (Å²) in [5.41, 5.74) is 4.00. The number of rotatable bonds is 7. The van der Waals surface area contributed by atoms with Crippen molar-refractivity contribution in [2.75, 3.05) is 26.3 Å². The van der Waals surface area contributed by atoms with E-state index in [1.54, 1.807) is 13.8 Å². The number of carbonyl (C=O) groups excluding carboxylic acids is 2. The molecule has 0 atom stereocenters. The highest BCUT2D eigenvalue weighted by atomic mass is 16.6. The van der Waals surface area contributed by atoms with Gasteiger partial charge in [-0.3, -0.25) is 0 Å². The quantitative estimate of drug-likeness (QED) is 0.392. The van der Waals surface area contributed by atoms with Gasteiger partial charge in [0.2, 0.25) is 0 Å². The van der Waals surface area contributed by atoms with Crippen LogP contribution in [-0.2, 0) is 9.47 Å². The Balaban J connectivity index is 4.02. The largest absolute Gasteiger partial charge is 0.464 e. The molecule has 0 aromatic heterocycles. The van der Waals surface area contributed by atoms with Crippen molar-refractivity contribution in [2.45, 2.75) is 26.7 Å². The van der Waals surface area contributed by atoms with Gasteiger partial charge in [0.1, 0.15) is 13.2 Å². The van der Waals surface area contributed by atoms with Crippen molar-refractivity contribution >= 4 is 24.4 Å². The molecule has 0 aromatic carbocycles. The van der Waals surface area contributed by atoms with Crippen molar-refractivity contribution in [3.05, 3.63) is 0 Å². The number of amides is 4. The van der Waals surface area contributed by atoms with Gasteiger partial charge in [0.15, 0.2) is 0 Å². The molecule has 24 heavy (non-hydrogen) atoms. The molecule has 12 heteroatoms. The number of carbonyl (C=O) groups is 4. The summed E-state index contributed by atoms with van der Waals surface area (Å²) in [7, 11) is 0. The highest BCUT2D eigenvalue weighted by molar-refractivity contribution is 5.73. The molecule has 0 radical (unpaired) electrons. The molecule has 12 nitrogen and oxygen atoms in total. The maximum atomic E-state index is 11.3. The molecular weight excluding hydrogens is 328 g/mol. The minimum absolute atomic E-state index is 0.0891. The van der Waals surface area contributed by atoms with Crippen LogP contribution in [0.4, 0.5) is 19.2 Å². The zero-order chi connectivity index (χ0) is 18.5. The van der Waals surface area contributed by atoms with E-state index in [-0.39, 0.29) is 26.3 Å². The van der Waals surface area contributed by atoms with Crippen LogP contribution < -0.4 is 10.9 Å². The third-order valence-electron chi connectivity index (χ3n) is 2.36. The molecule has 0 saturated heterocycles. The highest BCUT2D eigenvalue weighted by Gasteiger charge is 2.16. The average Bonchev–Trinajstić information content (AvgIpc) is 2.50. The van der Waals surface area contributed by atoms with E-state index in [0.717, 1.165) is 0 Å². The van der Waals surface area contributed by atoms with E-state index in [0.29, 0.717) is 22.9 Å². The van der Waals surface area contributed by atoms with E-state index in [4.69, 9.17) is 10.2 Å². The fourth-order valence-corrected chi connectivity index (χ4v) is 1.40. The second-order valence-electron chi connectivity index (χ2n) is 4.36. The van der Waals surface area contributed by atoms with Crippen LogP contribution in [0.1, 0.15) is 26.7 Å². The molecule has 4 amide bonds. The summed E-state index contributed by atoms with van der Waals surface area (Å²) in [6.45, 7) is 2.97. The SMILES string of the molecule is CCCN(NC(=O)OCCOC(=O)NN(CCC)C(=O)O)C(=O)O. The Morgan fingerprint density at radius 3 is 1.38 bits per heavy atom. The smallest absolute Gasteiger partial charge is 0.426 e. The third-order valence-corrected chi connectivity index (χ3v) is 2.36. The number of nitrogens with one attached hydrogen (secondary N) is 2. The summed E-state index contributed by atoms with van der Waals surface area (Å²) >= 11 is 0. The number of carboxylic acid groups (broad SMARTS) is 2. The van der Waals surface area contributed by atoms with E-state index in [2.05, 4.69) is 9.47 Å². The number of hydrogen-bond donors (Lipinski definition) is 4. The standard InChI is InChI=1S/C12H22N4O8/c1-3-5-15(11(19)20)13-9(17)23-7-8-24-10(18)14-16(6-4-2)12(21)22/h3-8H2,1-2H3,(H,13,17)(H,14,18)(H,19,20)(H,21,22). The lowest BCUT2D eigenvalue weighted by molar-refractivity contribution is 0.0637. The average molecular weight is 350 g/mol. The van der Waals surface area contributed by atoms with Gasteiger partial charge in [0.25, 0.3) is 0 Å². The molecule has 0 unspecified atom stereocenters. The van der Waals surface area contributed by atoms with E-state index in [1.807, 2.05) is 10.9 Å². The number of hydrogen-bond acceptors (Lipinski definition) is 6. The molecule has 0 aliphatic rings. The van der Waals surface area contributed by atoms with Crippen LogP contribution in [0, 0.1) is 0 Å². The second kappa shape index (κ2) is 11.6. The van der Waals surface area contributed by atoms with Gasteiger partial charge in [-0.15, -0.1) is 0 Å². The van der Waals surface area contributed by atoms with Crippen LogP contribution >= 0.6 is 0 Å². The Kier molecular flexibility index (Phi) is 10.2. The molecule has 0 fully saturated rings. The zero-order valence-electron chi connectivity index (χ0n) is 13.5. The Labute approximate surface area is 138 Å². The van der Waals surface area contributed by atoms with Crippen LogP contribution in [0.2, 0.25) is 0 Å². The van der Waals surface area contributed by atoms with E-state index in [9.17, 15) is 19.2 Å². The maximum absolute atomic E-state index is 11.3. The van der Waals surface area contributed by atoms with Gasteiger partial charge >= 0.3 is 24.4 Å². The van der Waals surface area contributed by atoms with Crippen molar-refractivity contribution in [2.24, 2.45) is 0 Å². The van der Waals surface area contributed by atoms with Gasteiger partial charge < -0.3 is 19.7 Å². The van der Waals surface area contributed by atoms with Crippen LogP contribution in [0.3, 0.4) is 0 Å². The second-order valence-corrected chi connectivity index (χ2v) is 4.36. The van der Waals surface area contributed by atoms with Crippen molar-refractivity contribution in [1.82, 2.24) is 20.9 Å². The van der Waals surface area contributed by atoms with Crippen LogP contribution in [0.15, 0.2) is 0 Å². The van der Waals surface area contributed by atoms with Crippen molar-refractivity contribution in [3.8, 4) is 0 Å². The van der Waals surface area contributed by atoms with Crippen molar-refractivity contribution in [1.29, 1.82) is 0 Å². The number of nitrogens with zero attached hydrogens (tertiary/aromatic N) is 2. The summed E-state index contributed by atoms with van der Waals surface area (Å²) in [5.74, 6) is 0.